The molecule has 2 aromatic carbocycles. The van der Waals surface area contributed by atoms with Crippen molar-refractivity contribution in [2.24, 2.45) is 0 Å². The molecule has 1 N–H and O–H groups in total. The van der Waals surface area contributed by atoms with Crippen molar-refractivity contribution in [1.82, 2.24) is 0 Å². The lowest BCUT2D eigenvalue weighted by Crippen LogP contribution is -2.10. The van der Waals surface area contributed by atoms with Crippen LogP contribution >= 0.6 is 0 Å². The van der Waals surface area contributed by atoms with Crippen molar-refractivity contribution in [1.29, 1.82) is 0 Å². The minimum absolute atomic E-state index is 0.0113. The van der Waals surface area contributed by atoms with Crippen LogP contribution in [0.3, 0.4) is 0 Å². The van der Waals surface area contributed by atoms with Crippen LogP contribution < -0.4 is 0 Å². The van der Waals surface area contributed by atoms with Crippen LogP contribution in [0.25, 0.3) is 11.1 Å². The van der Waals surface area contributed by atoms with Crippen molar-refractivity contribution in [3.63, 3.8) is 0 Å². The summed E-state index contributed by atoms with van der Waals surface area (Å²) in [5, 5.41) is 9.18. The summed E-state index contributed by atoms with van der Waals surface area (Å²) in [5.41, 5.74) is 1.78. The van der Waals surface area contributed by atoms with Crippen LogP contribution in [0.15, 0.2) is 42.5 Å². The van der Waals surface area contributed by atoms with Crippen LogP contribution in [0.5, 0.6) is 0 Å². The lowest BCUT2D eigenvalue weighted by molar-refractivity contribution is -0.137. The second-order valence-corrected chi connectivity index (χ2v) is 6.40. The van der Waals surface area contributed by atoms with Gasteiger partial charge in [-0.2, -0.15) is 13.2 Å². The van der Waals surface area contributed by atoms with E-state index in [-0.39, 0.29) is 11.0 Å². The number of rotatable bonds is 2. The highest BCUT2D eigenvalue weighted by Gasteiger charge is 2.31. The van der Waals surface area contributed by atoms with Gasteiger partial charge in [-0.05, 0) is 45.9 Å². The molecule has 1 nitrogen and oxygen atoms in total. The van der Waals surface area contributed by atoms with Crippen LogP contribution in [0.1, 0.15) is 37.5 Å². The van der Waals surface area contributed by atoms with E-state index in [0.29, 0.717) is 11.1 Å². The zero-order valence-electron chi connectivity index (χ0n) is 12.8. The first-order valence-electron chi connectivity index (χ1n) is 7.04. The van der Waals surface area contributed by atoms with Crippen molar-refractivity contribution >= 4 is 0 Å². The first-order chi connectivity index (χ1) is 10.1. The average Bonchev–Trinajstić information content (AvgIpc) is 2.45. The van der Waals surface area contributed by atoms with Crippen LogP contribution in [0, 0.1) is 0 Å². The first-order valence-corrected chi connectivity index (χ1v) is 7.04. The third kappa shape index (κ3) is 3.69. The normalized spacial score (nSPS) is 12.5. The number of alkyl halides is 3. The molecule has 4 heteroatoms. The molecule has 0 bridgehead atoms. The molecule has 0 aliphatic heterocycles. The predicted octanol–water partition coefficient (Wildman–Crippen LogP) is 5.16. The van der Waals surface area contributed by atoms with E-state index in [0.717, 1.165) is 17.7 Å². The fraction of sp³-hybridized carbons (Fsp3) is 0.333. The molecule has 0 amide bonds. The maximum atomic E-state index is 12.9. The molecule has 2 rings (SSSR count). The molecule has 0 fully saturated rings. The molecular formula is C18H19F3O. The molecule has 0 radical (unpaired) electrons. The molecular weight excluding hydrogens is 289 g/mol. The van der Waals surface area contributed by atoms with Gasteiger partial charge in [0.15, 0.2) is 0 Å². The van der Waals surface area contributed by atoms with Gasteiger partial charge in [0, 0.05) is 0 Å². The van der Waals surface area contributed by atoms with Gasteiger partial charge in [0.1, 0.15) is 0 Å². The van der Waals surface area contributed by atoms with Gasteiger partial charge in [0.05, 0.1) is 12.2 Å². The number of benzene rings is 2. The number of aliphatic hydroxyl groups is 1. The van der Waals surface area contributed by atoms with Crippen molar-refractivity contribution < 1.29 is 18.3 Å². The number of aliphatic hydroxyl groups excluding tert-OH is 1. The average molecular weight is 308 g/mol. The fourth-order valence-electron chi connectivity index (χ4n) is 2.28. The van der Waals surface area contributed by atoms with Crippen LogP contribution in [-0.2, 0) is 18.2 Å². The van der Waals surface area contributed by atoms with E-state index in [2.05, 4.69) is 20.8 Å². The summed E-state index contributed by atoms with van der Waals surface area (Å²) < 4.78 is 38.8. The summed E-state index contributed by atoms with van der Waals surface area (Å²) in [4.78, 5) is 0. The van der Waals surface area contributed by atoms with Gasteiger partial charge in [0.2, 0.25) is 0 Å². The van der Waals surface area contributed by atoms with E-state index in [1.807, 2.05) is 24.3 Å². The Labute approximate surface area is 128 Å². The first kappa shape index (κ1) is 16.6. The summed E-state index contributed by atoms with van der Waals surface area (Å²) >= 11 is 0. The van der Waals surface area contributed by atoms with Gasteiger partial charge in [0.25, 0.3) is 0 Å². The maximum Gasteiger partial charge on any atom is 0.416 e. The van der Waals surface area contributed by atoms with E-state index in [9.17, 15) is 18.3 Å². The molecule has 2 aromatic rings. The minimum Gasteiger partial charge on any atom is -0.392 e. The molecule has 0 unspecified atom stereocenters. The highest BCUT2D eigenvalue weighted by atomic mass is 19.4. The van der Waals surface area contributed by atoms with Gasteiger partial charge in [-0.25, -0.2) is 0 Å². The van der Waals surface area contributed by atoms with Crippen LogP contribution in [0.2, 0.25) is 0 Å². The molecule has 0 saturated carbocycles. The Kier molecular flexibility index (Phi) is 4.34. The Morgan fingerprint density at radius 1 is 0.818 bits per heavy atom. The highest BCUT2D eigenvalue weighted by molar-refractivity contribution is 5.66. The number of hydrogen-bond acceptors (Lipinski definition) is 1. The zero-order chi connectivity index (χ0) is 16.5. The van der Waals surface area contributed by atoms with Crippen LogP contribution in [-0.4, -0.2) is 5.11 Å². The van der Waals surface area contributed by atoms with Crippen molar-refractivity contribution in [2.45, 2.75) is 39.0 Å². The highest BCUT2D eigenvalue weighted by Crippen LogP contribution is 2.34. The standard InChI is InChI=1S/C18H19F3O/c1-17(2,3)15-6-4-13(5-7-15)14-8-12(11-22)9-16(10-14)18(19,20)21/h4-10,22H,11H2,1-3H3. The van der Waals surface area contributed by atoms with Gasteiger partial charge >= 0.3 is 6.18 Å². The molecule has 22 heavy (non-hydrogen) atoms. The van der Waals surface area contributed by atoms with E-state index < -0.39 is 18.3 Å². The molecule has 0 aliphatic rings. The van der Waals surface area contributed by atoms with Crippen LogP contribution in [0.4, 0.5) is 13.2 Å². The van der Waals surface area contributed by atoms with E-state index >= 15 is 0 Å². The Balaban J connectivity index is 2.48. The minimum atomic E-state index is -4.43. The quantitative estimate of drug-likeness (QED) is 0.812. The van der Waals surface area contributed by atoms with Gasteiger partial charge < -0.3 is 5.11 Å². The van der Waals surface area contributed by atoms with E-state index in [1.165, 1.54) is 0 Å². The van der Waals surface area contributed by atoms with Gasteiger partial charge in [-0.1, -0.05) is 45.0 Å². The molecule has 0 heterocycles. The molecule has 0 spiro atoms. The van der Waals surface area contributed by atoms with Crippen molar-refractivity contribution in [2.75, 3.05) is 0 Å². The topological polar surface area (TPSA) is 20.2 Å². The molecule has 118 valence electrons. The summed E-state index contributed by atoms with van der Waals surface area (Å²) in [7, 11) is 0. The summed E-state index contributed by atoms with van der Waals surface area (Å²) in [6.07, 6.45) is -4.43. The summed E-state index contributed by atoms with van der Waals surface area (Å²) in [6.45, 7) is 5.82. The maximum absolute atomic E-state index is 12.9. The van der Waals surface area contributed by atoms with Crippen molar-refractivity contribution in [3.05, 3.63) is 59.2 Å². The Morgan fingerprint density at radius 3 is 1.86 bits per heavy atom. The number of hydrogen-bond donors (Lipinski definition) is 1. The van der Waals surface area contributed by atoms with Crippen molar-refractivity contribution in [3.8, 4) is 11.1 Å². The second kappa shape index (κ2) is 5.76. The lowest BCUT2D eigenvalue weighted by atomic mass is 9.86. The largest absolute Gasteiger partial charge is 0.416 e. The Bertz CT molecular complexity index is 650. The molecule has 0 atom stereocenters. The molecule has 0 aliphatic carbocycles. The second-order valence-electron chi connectivity index (χ2n) is 6.40. The Morgan fingerprint density at radius 2 is 1.41 bits per heavy atom. The monoisotopic (exact) mass is 308 g/mol. The number of halogens is 3. The molecule has 0 saturated heterocycles. The third-order valence-electron chi connectivity index (χ3n) is 3.59. The fourth-order valence-corrected chi connectivity index (χ4v) is 2.28. The predicted molar refractivity (Wildman–Crippen MR) is 81.5 cm³/mol. The SMILES string of the molecule is CC(C)(C)c1ccc(-c2cc(CO)cc(C(F)(F)F)c2)cc1. The van der Waals surface area contributed by atoms with Gasteiger partial charge in [-0.15, -0.1) is 0 Å². The third-order valence-corrected chi connectivity index (χ3v) is 3.59. The summed E-state index contributed by atoms with van der Waals surface area (Å²) in [5.74, 6) is 0. The summed E-state index contributed by atoms with van der Waals surface area (Å²) in [6, 6.07) is 11.2. The van der Waals surface area contributed by atoms with E-state index in [1.54, 1.807) is 6.07 Å². The smallest absolute Gasteiger partial charge is 0.392 e. The van der Waals surface area contributed by atoms with E-state index in [4.69, 9.17) is 0 Å². The van der Waals surface area contributed by atoms with Gasteiger partial charge in [-0.3, -0.25) is 0 Å². The Hall–Kier alpha value is -1.81. The lowest BCUT2D eigenvalue weighted by Gasteiger charge is -2.19. The zero-order valence-corrected chi connectivity index (χ0v) is 12.8. The molecule has 0 aromatic heterocycles.